The largest absolute Gasteiger partial charge is 0.495 e. The van der Waals surface area contributed by atoms with Crippen LogP contribution in [0.1, 0.15) is 64.5 Å². The molecule has 200 valence electrons. The van der Waals surface area contributed by atoms with Gasteiger partial charge in [-0.1, -0.05) is 32.4 Å². The fourth-order valence-electron chi connectivity index (χ4n) is 4.71. The lowest BCUT2D eigenvalue weighted by molar-refractivity contribution is -0.141. The Bertz CT molecular complexity index is 1240. The van der Waals surface area contributed by atoms with Gasteiger partial charge in [0.15, 0.2) is 8.32 Å². The number of rotatable bonds is 8. The number of ether oxygens (including phenoxy) is 1. The smallest absolute Gasteiger partial charge is 0.326 e. The fraction of sp³-hybridized carbons (Fsp3) is 0.536. The van der Waals surface area contributed by atoms with Crippen LogP contribution < -0.4 is 10.3 Å². The Hall–Kier alpha value is -2.60. The van der Waals surface area contributed by atoms with Crippen molar-refractivity contribution in [2.45, 2.75) is 83.2 Å². The van der Waals surface area contributed by atoms with Gasteiger partial charge in [0.2, 0.25) is 0 Å². The molecule has 0 radical (unpaired) electrons. The molecule has 0 spiro atoms. The molecular weight excluding hydrogens is 508 g/mol. The molecule has 3 rings (SSSR count). The molecule has 9 heteroatoms. The van der Waals surface area contributed by atoms with Gasteiger partial charge >= 0.3 is 5.97 Å². The van der Waals surface area contributed by atoms with E-state index in [-0.39, 0.29) is 17.1 Å². The van der Waals surface area contributed by atoms with Crippen molar-refractivity contribution in [3.63, 3.8) is 0 Å². The van der Waals surface area contributed by atoms with E-state index in [1.165, 1.54) is 23.9 Å². The minimum absolute atomic E-state index is 0.143. The summed E-state index contributed by atoms with van der Waals surface area (Å²) in [5.74, 6) is -0.579. The van der Waals surface area contributed by atoms with E-state index in [9.17, 15) is 20.0 Å². The van der Waals surface area contributed by atoms with Crippen molar-refractivity contribution in [1.82, 2.24) is 4.57 Å². The first-order chi connectivity index (χ1) is 17.3. The third-order valence-corrected chi connectivity index (χ3v) is 12.7. The standard InChI is InChI=1S/C28H37ClN2O5Si/c1-28(2,3)37(5,6)36-21-11-7-18(8-12-21)13-24(27(33)34)31-17-25(35-4)23(15-26(31)32)22-14-20(29)10-9-19(22)16-30/h9-10,14-15,17-18,21,24H,7-8,11-13H2,1-6H3,(H,33,34). The molecule has 2 aromatic rings. The van der Waals surface area contributed by atoms with Crippen molar-refractivity contribution in [3.8, 4) is 22.9 Å². The average Bonchev–Trinajstić information content (AvgIpc) is 2.82. The topological polar surface area (TPSA) is 102 Å². The van der Waals surface area contributed by atoms with E-state index in [1.54, 1.807) is 18.2 Å². The Morgan fingerprint density at radius 3 is 2.41 bits per heavy atom. The summed E-state index contributed by atoms with van der Waals surface area (Å²) in [6.07, 6.45) is 5.51. The quantitative estimate of drug-likeness (QED) is 0.373. The van der Waals surface area contributed by atoms with Gasteiger partial charge in [0.25, 0.3) is 5.56 Å². The number of aliphatic carboxylic acids is 1. The maximum absolute atomic E-state index is 13.2. The second-order valence-electron chi connectivity index (χ2n) is 11.4. The van der Waals surface area contributed by atoms with E-state index < -0.39 is 25.9 Å². The number of hydrogen-bond acceptors (Lipinski definition) is 5. The predicted octanol–water partition coefficient (Wildman–Crippen LogP) is 6.65. The van der Waals surface area contributed by atoms with Crippen molar-refractivity contribution in [2.24, 2.45) is 5.92 Å². The molecule has 0 bridgehead atoms. The number of halogens is 1. The molecule has 1 unspecified atom stereocenters. The molecule has 0 saturated heterocycles. The van der Waals surface area contributed by atoms with E-state index in [0.717, 1.165) is 25.7 Å². The van der Waals surface area contributed by atoms with Gasteiger partial charge in [-0.05, 0) is 74.4 Å². The van der Waals surface area contributed by atoms with Crippen LogP contribution in [0.2, 0.25) is 23.2 Å². The number of hydrogen-bond donors (Lipinski definition) is 1. The van der Waals surface area contributed by atoms with Crippen molar-refractivity contribution < 1.29 is 19.1 Å². The number of methoxy groups -OCH3 is 1. The number of aromatic nitrogens is 1. The third-order valence-electron chi connectivity index (χ3n) is 7.89. The summed E-state index contributed by atoms with van der Waals surface area (Å²) >= 11 is 6.14. The molecule has 0 aliphatic heterocycles. The molecule has 37 heavy (non-hydrogen) atoms. The van der Waals surface area contributed by atoms with Crippen LogP contribution in [0.3, 0.4) is 0 Å². The minimum Gasteiger partial charge on any atom is -0.495 e. The average molecular weight is 545 g/mol. The Morgan fingerprint density at radius 1 is 1.22 bits per heavy atom. The van der Waals surface area contributed by atoms with Gasteiger partial charge in [-0.3, -0.25) is 9.36 Å². The van der Waals surface area contributed by atoms with E-state index in [2.05, 4.69) is 39.9 Å². The molecule has 1 saturated carbocycles. The zero-order valence-corrected chi connectivity index (χ0v) is 24.3. The van der Waals surface area contributed by atoms with Crippen molar-refractivity contribution in [3.05, 3.63) is 51.4 Å². The number of nitriles is 1. The highest BCUT2D eigenvalue weighted by Gasteiger charge is 2.40. The molecule has 1 atom stereocenters. The molecule has 1 aromatic heterocycles. The highest BCUT2D eigenvalue weighted by molar-refractivity contribution is 6.74. The van der Waals surface area contributed by atoms with Gasteiger partial charge in [-0.25, -0.2) is 4.79 Å². The molecule has 1 fully saturated rings. The molecule has 1 aromatic carbocycles. The van der Waals surface area contributed by atoms with Crippen LogP contribution in [-0.2, 0) is 9.22 Å². The first kappa shape index (κ1) is 29.0. The maximum Gasteiger partial charge on any atom is 0.326 e. The zero-order valence-electron chi connectivity index (χ0n) is 22.5. The van der Waals surface area contributed by atoms with Gasteiger partial charge < -0.3 is 14.3 Å². The molecular formula is C28H37ClN2O5Si. The number of carboxylic acids is 1. The minimum atomic E-state index is -1.86. The molecule has 1 aliphatic rings. The lowest BCUT2D eigenvalue weighted by Crippen LogP contribution is -2.44. The second kappa shape index (κ2) is 11.4. The van der Waals surface area contributed by atoms with Gasteiger partial charge in [0, 0.05) is 28.3 Å². The van der Waals surface area contributed by atoms with Crippen LogP contribution >= 0.6 is 11.6 Å². The number of carbonyl (C=O) groups is 1. The maximum atomic E-state index is 13.2. The lowest BCUT2D eigenvalue weighted by Gasteiger charge is -2.41. The van der Waals surface area contributed by atoms with Crippen molar-refractivity contribution >= 4 is 25.9 Å². The van der Waals surface area contributed by atoms with E-state index >= 15 is 0 Å². The highest BCUT2D eigenvalue weighted by Crippen LogP contribution is 2.41. The lowest BCUT2D eigenvalue weighted by atomic mass is 9.83. The number of carboxylic acid groups (broad SMARTS) is 1. The zero-order chi connectivity index (χ0) is 27.5. The molecule has 0 amide bonds. The monoisotopic (exact) mass is 544 g/mol. The Balaban J connectivity index is 1.82. The highest BCUT2D eigenvalue weighted by atomic mass is 35.5. The Labute approximate surface area is 225 Å². The number of nitrogens with zero attached hydrogens (tertiary/aromatic N) is 2. The van der Waals surface area contributed by atoms with Crippen LogP contribution in [-0.4, -0.2) is 37.2 Å². The van der Waals surface area contributed by atoms with Gasteiger partial charge in [-0.2, -0.15) is 5.26 Å². The van der Waals surface area contributed by atoms with E-state index in [0.29, 0.717) is 33.9 Å². The van der Waals surface area contributed by atoms with Gasteiger partial charge in [0.05, 0.1) is 24.9 Å². The summed E-state index contributed by atoms with van der Waals surface area (Å²) in [7, 11) is -0.413. The summed E-state index contributed by atoms with van der Waals surface area (Å²) in [6.45, 7) is 11.2. The Morgan fingerprint density at radius 2 is 1.86 bits per heavy atom. The van der Waals surface area contributed by atoms with Crippen LogP contribution in [0, 0.1) is 17.2 Å². The van der Waals surface area contributed by atoms with Gasteiger partial charge in [-0.15, -0.1) is 0 Å². The predicted molar refractivity (Wildman–Crippen MR) is 148 cm³/mol. The summed E-state index contributed by atoms with van der Waals surface area (Å²) in [4.78, 5) is 25.5. The summed E-state index contributed by atoms with van der Waals surface area (Å²) in [5, 5.41) is 20.1. The molecule has 7 nitrogen and oxygen atoms in total. The van der Waals surface area contributed by atoms with Crippen molar-refractivity contribution in [1.29, 1.82) is 5.26 Å². The first-order valence-corrected chi connectivity index (χ1v) is 16.0. The fourth-order valence-corrected chi connectivity index (χ4v) is 6.30. The summed E-state index contributed by atoms with van der Waals surface area (Å²) < 4.78 is 13.3. The number of benzene rings is 1. The third kappa shape index (κ3) is 6.64. The van der Waals surface area contributed by atoms with Crippen LogP contribution in [0.5, 0.6) is 5.75 Å². The Kier molecular flexibility index (Phi) is 8.94. The SMILES string of the molecule is COc1cn(C(CC2CCC(O[Si](C)(C)C(C)(C)C)CC2)C(=O)O)c(=O)cc1-c1cc(Cl)ccc1C#N. The molecule has 1 aliphatic carbocycles. The van der Waals surface area contributed by atoms with E-state index in [1.807, 2.05) is 0 Å². The second-order valence-corrected chi connectivity index (χ2v) is 16.6. The van der Waals surface area contributed by atoms with Crippen LogP contribution in [0.25, 0.3) is 11.1 Å². The van der Waals surface area contributed by atoms with Gasteiger partial charge in [0.1, 0.15) is 11.8 Å². The molecule has 1 heterocycles. The van der Waals surface area contributed by atoms with Crippen molar-refractivity contribution in [2.75, 3.05) is 7.11 Å². The van der Waals surface area contributed by atoms with E-state index in [4.69, 9.17) is 20.8 Å². The summed E-state index contributed by atoms with van der Waals surface area (Å²) in [6, 6.07) is 7.18. The number of pyridine rings is 1. The normalized spacial score (nSPS) is 19.2. The van der Waals surface area contributed by atoms with Crippen LogP contribution in [0.4, 0.5) is 0 Å². The van der Waals surface area contributed by atoms with Crippen LogP contribution in [0.15, 0.2) is 35.3 Å². The first-order valence-electron chi connectivity index (χ1n) is 12.7. The summed E-state index contributed by atoms with van der Waals surface area (Å²) in [5.41, 5.74) is 0.728. The molecule has 1 N–H and O–H groups in total.